The molecule has 0 spiro atoms. The molecule has 0 amide bonds. The van der Waals surface area contributed by atoms with Gasteiger partial charge >= 0.3 is 208 Å². The van der Waals surface area contributed by atoms with Crippen molar-refractivity contribution in [2.75, 3.05) is 0 Å². The van der Waals surface area contributed by atoms with Crippen LogP contribution in [0.2, 0.25) is 0 Å². The van der Waals surface area contributed by atoms with Crippen LogP contribution in [0.25, 0.3) is 63.4 Å². The number of fused-ring (bicyclic) bond motifs is 8. The molecular weight excluding hydrogens is 491 g/mol. The Balaban J connectivity index is 1.60. The summed E-state index contributed by atoms with van der Waals surface area (Å²) in [6, 6.07) is 42.1. The van der Waals surface area contributed by atoms with E-state index in [4.69, 9.17) is 0 Å². The van der Waals surface area contributed by atoms with Crippen LogP contribution in [0.4, 0.5) is 0 Å². The molecule has 164 valence electrons. The average molecular weight is 511 g/mol. The normalized spacial score (nSPS) is 12.0. The summed E-state index contributed by atoms with van der Waals surface area (Å²) in [5.74, 6) is 0. The van der Waals surface area contributed by atoms with Crippen LogP contribution < -0.4 is 0 Å². The molecule has 2 nitrogen and oxygen atoms in total. The topological polar surface area (TPSA) is 9.86 Å². The second kappa shape index (κ2) is 7.23. The van der Waals surface area contributed by atoms with Crippen molar-refractivity contribution in [1.82, 2.24) is 9.13 Å². The maximum atomic E-state index is 2.53. The van der Waals surface area contributed by atoms with E-state index in [1.807, 2.05) is 0 Å². The van der Waals surface area contributed by atoms with E-state index >= 15 is 0 Å². The van der Waals surface area contributed by atoms with E-state index in [-0.39, 0.29) is 14.5 Å². The summed E-state index contributed by atoms with van der Waals surface area (Å²) in [7, 11) is 0. The third-order valence-corrected chi connectivity index (χ3v) is 9.68. The Morgan fingerprint density at radius 2 is 1.29 bits per heavy atom. The number of rotatable bonds is 2. The molecule has 35 heavy (non-hydrogen) atoms. The molecule has 0 fully saturated rings. The van der Waals surface area contributed by atoms with E-state index in [0.717, 1.165) is 0 Å². The number of hydrogen-bond acceptors (Lipinski definition) is 0. The van der Waals surface area contributed by atoms with Gasteiger partial charge in [-0.25, -0.2) is 0 Å². The molecule has 3 heterocycles. The Hall–Kier alpha value is -4.04. The second-order valence-electron chi connectivity index (χ2n) is 9.03. The van der Waals surface area contributed by atoms with Crippen LogP contribution in [0.1, 0.15) is 0 Å². The predicted molar refractivity (Wildman–Crippen MR) is 150 cm³/mol. The van der Waals surface area contributed by atoms with Crippen LogP contribution >= 0.6 is 0 Å². The number of aromatic nitrogens is 2. The van der Waals surface area contributed by atoms with Gasteiger partial charge in [0.25, 0.3) is 0 Å². The van der Waals surface area contributed by atoms with Crippen molar-refractivity contribution in [1.29, 1.82) is 0 Å². The fraction of sp³-hybridized carbons (Fsp3) is 0. The first-order chi connectivity index (χ1) is 17.4. The molecule has 8 aromatic rings. The fourth-order valence-electron chi connectivity index (χ4n) is 5.64. The molecule has 0 saturated heterocycles. The van der Waals surface area contributed by atoms with Crippen molar-refractivity contribution in [3.8, 4) is 11.4 Å². The summed E-state index contributed by atoms with van der Waals surface area (Å²) in [6.45, 7) is 0. The standard InChI is InChI=1S/C32H20N2Se/c1-2-9-22(10-3-1)33-20-19-21-17-18-25-23-11-4-6-14-27(23)34(31(25)30(21)33)28-15-8-13-26-24-12-5-7-16-29(24)35-32(26)28/h1-20H. The zero-order valence-electron chi connectivity index (χ0n) is 18.8. The van der Waals surface area contributed by atoms with Gasteiger partial charge in [-0.2, -0.15) is 0 Å². The van der Waals surface area contributed by atoms with Crippen molar-refractivity contribution in [3.05, 3.63) is 121 Å². The zero-order chi connectivity index (χ0) is 22.9. The van der Waals surface area contributed by atoms with Crippen LogP contribution in [-0.2, 0) is 0 Å². The monoisotopic (exact) mass is 512 g/mol. The molecule has 0 aliphatic rings. The minimum absolute atomic E-state index is 0.273. The van der Waals surface area contributed by atoms with Crippen molar-refractivity contribution >= 4 is 66.5 Å². The second-order valence-corrected chi connectivity index (χ2v) is 11.2. The van der Waals surface area contributed by atoms with Crippen molar-refractivity contribution < 1.29 is 0 Å². The molecule has 0 unspecified atom stereocenters. The summed E-state index contributed by atoms with van der Waals surface area (Å²) in [6.07, 6.45) is 2.21. The van der Waals surface area contributed by atoms with Crippen LogP contribution in [0.15, 0.2) is 121 Å². The number of hydrogen-bond donors (Lipinski definition) is 0. The summed E-state index contributed by atoms with van der Waals surface area (Å²) in [5.41, 5.74) is 6.28. The summed E-state index contributed by atoms with van der Waals surface area (Å²) >= 11 is 0.273. The van der Waals surface area contributed by atoms with Gasteiger partial charge in [-0.15, -0.1) is 0 Å². The van der Waals surface area contributed by atoms with Crippen LogP contribution in [0.3, 0.4) is 0 Å². The first-order valence-corrected chi connectivity index (χ1v) is 13.6. The van der Waals surface area contributed by atoms with E-state index in [1.54, 1.807) is 0 Å². The molecule has 5 aromatic carbocycles. The summed E-state index contributed by atoms with van der Waals surface area (Å²) in [4.78, 5) is 0. The zero-order valence-corrected chi connectivity index (χ0v) is 20.6. The third-order valence-electron chi connectivity index (χ3n) is 7.14. The van der Waals surface area contributed by atoms with Crippen molar-refractivity contribution in [2.45, 2.75) is 0 Å². The van der Waals surface area contributed by atoms with Gasteiger partial charge in [0, 0.05) is 0 Å². The fourth-order valence-corrected chi connectivity index (χ4v) is 8.17. The molecular formula is C32H20N2Se. The van der Waals surface area contributed by atoms with Gasteiger partial charge in [-0.05, 0) is 0 Å². The van der Waals surface area contributed by atoms with Gasteiger partial charge in [-0.1, -0.05) is 0 Å². The Morgan fingerprint density at radius 3 is 2.20 bits per heavy atom. The van der Waals surface area contributed by atoms with Gasteiger partial charge in [0.1, 0.15) is 0 Å². The third kappa shape index (κ3) is 2.65. The first-order valence-electron chi connectivity index (χ1n) is 11.9. The molecule has 3 heteroatoms. The molecule has 0 N–H and O–H groups in total. The maximum absolute atomic E-state index is 2.53. The van der Waals surface area contributed by atoms with Gasteiger partial charge < -0.3 is 0 Å². The summed E-state index contributed by atoms with van der Waals surface area (Å²) in [5, 5.41) is 6.62. The van der Waals surface area contributed by atoms with Gasteiger partial charge in [0.05, 0.1) is 0 Å². The van der Waals surface area contributed by atoms with E-state index in [2.05, 4.69) is 131 Å². The Morgan fingerprint density at radius 1 is 0.514 bits per heavy atom. The van der Waals surface area contributed by atoms with Gasteiger partial charge in [0.15, 0.2) is 0 Å². The van der Waals surface area contributed by atoms with Crippen LogP contribution in [0, 0.1) is 0 Å². The van der Waals surface area contributed by atoms with Gasteiger partial charge in [-0.3, -0.25) is 0 Å². The molecule has 0 aliphatic heterocycles. The summed E-state index contributed by atoms with van der Waals surface area (Å²) < 4.78 is 7.81. The Bertz CT molecular complexity index is 2050. The van der Waals surface area contributed by atoms with E-state index < -0.39 is 0 Å². The Labute approximate surface area is 208 Å². The van der Waals surface area contributed by atoms with Crippen LogP contribution in [0.5, 0.6) is 0 Å². The number of nitrogens with zero attached hydrogens (tertiary/aromatic N) is 2. The van der Waals surface area contributed by atoms with Crippen LogP contribution in [-0.4, -0.2) is 23.6 Å². The quantitative estimate of drug-likeness (QED) is 0.208. The van der Waals surface area contributed by atoms with Crippen molar-refractivity contribution in [3.63, 3.8) is 0 Å². The first kappa shape index (κ1) is 19.3. The molecule has 0 atom stereocenters. The number of para-hydroxylation sites is 2. The molecule has 0 radical (unpaired) electrons. The average Bonchev–Trinajstić information content (AvgIpc) is 3.60. The minimum atomic E-state index is 0.273. The van der Waals surface area contributed by atoms with Gasteiger partial charge in [0.2, 0.25) is 0 Å². The molecule has 0 aliphatic carbocycles. The molecule has 3 aromatic heterocycles. The SMILES string of the molecule is c1ccc(-n2ccc3ccc4c5ccccc5n(-c5cccc6c5[se]c5ccccc56)c4c32)cc1. The predicted octanol–water partition coefficient (Wildman–Crippen LogP) is 8.09. The molecule has 8 rings (SSSR count). The number of benzene rings is 5. The van der Waals surface area contributed by atoms with E-state index in [1.165, 1.54) is 63.4 Å². The Kier molecular flexibility index (Phi) is 3.98. The molecule has 0 saturated carbocycles. The van der Waals surface area contributed by atoms with Crippen molar-refractivity contribution in [2.24, 2.45) is 0 Å². The van der Waals surface area contributed by atoms with E-state index in [9.17, 15) is 0 Å². The molecule has 0 bridgehead atoms. The van der Waals surface area contributed by atoms with E-state index in [0.29, 0.717) is 0 Å².